The highest BCUT2D eigenvalue weighted by Gasteiger charge is 2.56. The third-order valence-corrected chi connectivity index (χ3v) is 7.77. The van der Waals surface area contributed by atoms with E-state index in [2.05, 4.69) is 80.8 Å². The lowest BCUT2D eigenvalue weighted by Gasteiger charge is -2.45. The van der Waals surface area contributed by atoms with Crippen molar-refractivity contribution in [3.63, 3.8) is 0 Å². The lowest BCUT2D eigenvalue weighted by molar-refractivity contribution is 0.0645. The minimum atomic E-state index is -0.822. The molecule has 6 rings (SSSR count). The number of rotatable bonds is 6. The number of fused-ring (bicyclic) bond motifs is 6. The van der Waals surface area contributed by atoms with Crippen molar-refractivity contribution >= 4 is 17.3 Å². The van der Waals surface area contributed by atoms with E-state index >= 15 is 0 Å². The largest absolute Gasteiger partial charge is 0.456 e. The third kappa shape index (κ3) is 3.49. The standard InChI is InChI=1S/C33H33N3O2/c1-5-34-28-18-30-26(16-21(28)3)33(27-17-22(4)29(35-6-2)19-31(27)38-30)25-15-11-10-14-24(25)32(37)36(33)20-23-12-8-7-9-13-23/h7-19,34-35H,5-6,20H2,1-4H3. The van der Waals surface area contributed by atoms with Crippen LogP contribution in [0, 0.1) is 13.8 Å². The fraction of sp³-hybridized carbons (Fsp3) is 0.242. The van der Waals surface area contributed by atoms with Crippen molar-refractivity contribution < 1.29 is 9.53 Å². The van der Waals surface area contributed by atoms with Crippen molar-refractivity contribution in [2.75, 3.05) is 23.7 Å². The summed E-state index contributed by atoms with van der Waals surface area (Å²) in [6.45, 7) is 10.5. The highest BCUT2D eigenvalue weighted by molar-refractivity contribution is 6.02. The lowest BCUT2D eigenvalue weighted by atomic mass is 9.73. The second-order valence-electron chi connectivity index (χ2n) is 10.1. The van der Waals surface area contributed by atoms with E-state index in [9.17, 15) is 4.79 Å². The molecule has 0 radical (unpaired) electrons. The number of amides is 1. The van der Waals surface area contributed by atoms with E-state index in [1.54, 1.807) is 0 Å². The molecular formula is C33H33N3O2. The number of hydrogen-bond donors (Lipinski definition) is 2. The van der Waals surface area contributed by atoms with E-state index in [0.717, 1.165) is 74.9 Å². The molecule has 0 atom stereocenters. The zero-order chi connectivity index (χ0) is 26.4. The first kappa shape index (κ1) is 24.1. The molecule has 0 saturated carbocycles. The van der Waals surface area contributed by atoms with Gasteiger partial charge in [-0.1, -0.05) is 48.5 Å². The van der Waals surface area contributed by atoms with Gasteiger partial charge in [0.15, 0.2) is 0 Å². The van der Waals surface area contributed by atoms with Gasteiger partial charge in [0.1, 0.15) is 17.0 Å². The SMILES string of the molecule is CCNc1cc2c(cc1C)C1(c3cc(C)c(NCC)cc3O2)c2ccccc2C(=O)N1Cc1ccccc1. The van der Waals surface area contributed by atoms with Gasteiger partial charge >= 0.3 is 0 Å². The van der Waals surface area contributed by atoms with E-state index in [1.165, 1.54) is 0 Å². The summed E-state index contributed by atoms with van der Waals surface area (Å²) in [4.78, 5) is 16.3. The van der Waals surface area contributed by atoms with E-state index in [4.69, 9.17) is 4.74 Å². The van der Waals surface area contributed by atoms with Crippen LogP contribution in [0.1, 0.15) is 57.6 Å². The van der Waals surface area contributed by atoms with Crippen molar-refractivity contribution in [3.8, 4) is 11.5 Å². The molecule has 5 nitrogen and oxygen atoms in total. The average Bonchev–Trinajstić information content (AvgIpc) is 3.16. The number of ether oxygens (including phenoxy) is 1. The van der Waals surface area contributed by atoms with E-state index in [-0.39, 0.29) is 5.91 Å². The summed E-state index contributed by atoms with van der Waals surface area (Å²) in [5.74, 6) is 1.57. The van der Waals surface area contributed by atoms with Crippen molar-refractivity contribution in [2.45, 2.75) is 39.8 Å². The summed E-state index contributed by atoms with van der Waals surface area (Å²) >= 11 is 0. The Morgan fingerprint density at radius 2 is 1.29 bits per heavy atom. The number of hydrogen-bond acceptors (Lipinski definition) is 4. The molecule has 38 heavy (non-hydrogen) atoms. The van der Waals surface area contributed by atoms with Crippen LogP contribution in [0.3, 0.4) is 0 Å². The number of anilines is 2. The van der Waals surface area contributed by atoms with Crippen LogP contribution in [0.4, 0.5) is 11.4 Å². The van der Waals surface area contributed by atoms with Crippen LogP contribution in [0.5, 0.6) is 11.5 Å². The highest BCUT2D eigenvalue weighted by atomic mass is 16.5. The third-order valence-electron chi connectivity index (χ3n) is 7.77. The monoisotopic (exact) mass is 503 g/mol. The molecule has 1 amide bonds. The maximum atomic E-state index is 14.3. The van der Waals surface area contributed by atoms with Crippen molar-refractivity contribution in [2.24, 2.45) is 0 Å². The van der Waals surface area contributed by atoms with Gasteiger partial charge in [0.2, 0.25) is 0 Å². The van der Waals surface area contributed by atoms with Gasteiger partial charge in [-0.3, -0.25) is 4.79 Å². The lowest BCUT2D eigenvalue weighted by Crippen LogP contribution is -2.47. The maximum Gasteiger partial charge on any atom is 0.255 e. The fourth-order valence-electron chi connectivity index (χ4n) is 6.10. The van der Waals surface area contributed by atoms with E-state index in [0.29, 0.717) is 6.54 Å². The predicted molar refractivity (Wildman–Crippen MR) is 153 cm³/mol. The van der Waals surface area contributed by atoms with Gasteiger partial charge in [0.25, 0.3) is 5.91 Å². The van der Waals surface area contributed by atoms with Crippen molar-refractivity contribution in [1.82, 2.24) is 4.90 Å². The molecule has 2 heterocycles. The summed E-state index contributed by atoms with van der Waals surface area (Å²) in [5, 5.41) is 6.95. The molecule has 0 bridgehead atoms. The van der Waals surface area contributed by atoms with Crippen LogP contribution >= 0.6 is 0 Å². The fourth-order valence-corrected chi connectivity index (χ4v) is 6.10. The number of nitrogens with zero attached hydrogens (tertiary/aromatic N) is 1. The summed E-state index contributed by atoms with van der Waals surface area (Å²) in [7, 11) is 0. The molecule has 0 unspecified atom stereocenters. The summed E-state index contributed by atoms with van der Waals surface area (Å²) < 4.78 is 6.68. The highest BCUT2D eigenvalue weighted by Crippen LogP contribution is 2.59. The number of nitrogens with one attached hydrogen (secondary N) is 2. The minimum absolute atomic E-state index is 0.0325. The molecule has 0 fully saturated rings. The van der Waals surface area contributed by atoms with Crippen molar-refractivity contribution in [1.29, 1.82) is 0 Å². The summed E-state index contributed by atoms with van der Waals surface area (Å²) in [6.07, 6.45) is 0. The molecule has 2 aliphatic rings. The second-order valence-corrected chi connectivity index (χ2v) is 10.1. The van der Waals surface area contributed by atoms with Gasteiger partial charge in [-0.2, -0.15) is 0 Å². The normalized spacial score (nSPS) is 14.5. The Kier molecular flexibility index (Phi) is 5.87. The van der Waals surface area contributed by atoms with E-state index < -0.39 is 5.54 Å². The molecule has 192 valence electrons. The molecule has 0 saturated heterocycles. The van der Waals surface area contributed by atoms with Gasteiger partial charge < -0.3 is 20.3 Å². The molecule has 2 aliphatic heterocycles. The topological polar surface area (TPSA) is 53.6 Å². The van der Waals surface area contributed by atoms with Gasteiger partial charge in [-0.15, -0.1) is 0 Å². The number of carbonyl (C=O) groups excluding carboxylic acids is 1. The predicted octanol–water partition coefficient (Wildman–Crippen LogP) is 7.22. The van der Waals surface area contributed by atoms with Crippen LogP contribution in [0.2, 0.25) is 0 Å². The smallest absolute Gasteiger partial charge is 0.255 e. The van der Waals surface area contributed by atoms with Crippen LogP contribution in [-0.2, 0) is 12.1 Å². The average molecular weight is 504 g/mol. The zero-order valence-electron chi connectivity index (χ0n) is 22.4. The Morgan fingerprint density at radius 3 is 1.87 bits per heavy atom. The number of carbonyl (C=O) groups is 1. The van der Waals surface area contributed by atoms with Crippen LogP contribution in [0.15, 0.2) is 78.9 Å². The van der Waals surface area contributed by atoms with Crippen molar-refractivity contribution in [3.05, 3.63) is 118 Å². The quantitative estimate of drug-likeness (QED) is 0.292. The molecule has 0 aliphatic carbocycles. The first-order chi connectivity index (χ1) is 18.5. The number of aryl methyl sites for hydroxylation is 2. The molecule has 0 aromatic heterocycles. The van der Waals surface area contributed by atoms with Crippen LogP contribution in [0.25, 0.3) is 0 Å². The molecule has 5 heteroatoms. The Hall–Kier alpha value is -4.25. The van der Waals surface area contributed by atoms with Gasteiger partial charge in [0.05, 0.1) is 0 Å². The molecular weight excluding hydrogens is 470 g/mol. The first-order valence-electron chi connectivity index (χ1n) is 13.4. The molecule has 2 N–H and O–H groups in total. The van der Waals surface area contributed by atoms with E-state index in [1.807, 2.05) is 41.3 Å². The number of benzene rings is 4. The maximum absolute atomic E-state index is 14.3. The minimum Gasteiger partial charge on any atom is -0.456 e. The van der Waals surface area contributed by atoms with Gasteiger partial charge in [-0.25, -0.2) is 0 Å². The Labute approximate surface area is 224 Å². The zero-order valence-corrected chi connectivity index (χ0v) is 22.4. The Bertz CT molecular complexity index is 1480. The molecule has 4 aromatic carbocycles. The first-order valence-corrected chi connectivity index (χ1v) is 13.4. The summed E-state index contributed by atoms with van der Waals surface area (Å²) in [5.41, 5.74) is 8.31. The van der Waals surface area contributed by atoms with Crippen LogP contribution in [-0.4, -0.2) is 23.9 Å². The van der Waals surface area contributed by atoms with Gasteiger partial charge in [-0.05, 0) is 68.1 Å². The second kappa shape index (κ2) is 9.25. The molecule has 4 aromatic rings. The summed E-state index contributed by atoms with van der Waals surface area (Å²) in [6, 6.07) is 26.9. The molecule has 1 spiro atoms. The van der Waals surface area contributed by atoms with Gasteiger partial charge in [0, 0.05) is 59.8 Å². The Balaban J connectivity index is 1.70. The Morgan fingerprint density at radius 1 is 0.737 bits per heavy atom. The van der Waals surface area contributed by atoms with Crippen LogP contribution < -0.4 is 15.4 Å².